The molecule has 1 N–H and O–H groups in total. The summed E-state index contributed by atoms with van der Waals surface area (Å²) in [5.41, 5.74) is -1.79. The molecule has 0 amide bonds. The molecule has 0 spiro atoms. The second kappa shape index (κ2) is 5.58. The molecule has 22 heavy (non-hydrogen) atoms. The average molecular weight is 317 g/mol. The number of tetrazole rings is 1. The fraction of sp³-hybridized carbons (Fsp3) is 0.364. The number of aromatic nitrogens is 5. The third-order valence-electron chi connectivity index (χ3n) is 2.73. The molecule has 2 rings (SSSR count). The number of ether oxygens (including phenoxy) is 1. The molecule has 2 aromatic rings. The van der Waals surface area contributed by atoms with Crippen molar-refractivity contribution in [1.82, 2.24) is 25.2 Å². The van der Waals surface area contributed by atoms with Gasteiger partial charge in [-0.2, -0.15) is 13.2 Å². The Bertz CT molecular complexity index is 713. The second-order valence-corrected chi connectivity index (χ2v) is 4.31. The van der Waals surface area contributed by atoms with Crippen LogP contribution in [0.2, 0.25) is 0 Å². The molecule has 0 aromatic carbocycles. The Hall–Kier alpha value is -2.72. The summed E-state index contributed by atoms with van der Waals surface area (Å²) < 4.78 is 44.6. The number of carbonyl (C=O) groups is 1. The molecule has 2 heterocycles. The first-order chi connectivity index (χ1) is 10.2. The van der Waals surface area contributed by atoms with Crippen molar-refractivity contribution in [2.45, 2.75) is 19.7 Å². The Labute approximate surface area is 121 Å². The van der Waals surface area contributed by atoms with E-state index in [1.807, 2.05) is 0 Å². The van der Waals surface area contributed by atoms with Crippen LogP contribution < -0.4 is 4.74 Å². The molecule has 0 unspecified atom stereocenters. The van der Waals surface area contributed by atoms with Crippen LogP contribution in [0.15, 0.2) is 6.07 Å². The number of hydrogen-bond acceptors (Lipinski definition) is 6. The van der Waals surface area contributed by atoms with E-state index in [4.69, 9.17) is 9.84 Å². The van der Waals surface area contributed by atoms with Gasteiger partial charge >= 0.3 is 12.1 Å². The van der Waals surface area contributed by atoms with E-state index in [2.05, 4.69) is 20.5 Å². The summed E-state index contributed by atoms with van der Waals surface area (Å²) in [5, 5.41) is 19.5. The number of hydrogen-bond donors (Lipinski definition) is 1. The Kier molecular flexibility index (Phi) is 3.97. The smallest absolute Gasteiger partial charge is 0.433 e. The molecule has 0 aliphatic rings. The number of halogens is 3. The third kappa shape index (κ3) is 3.13. The molecule has 0 saturated carbocycles. The van der Waals surface area contributed by atoms with Crippen molar-refractivity contribution in [3.63, 3.8) is 0 Å². The molecule has 0 bridgehead atoms. The maximum absolute atomic E-state index is 12.8. The van der Waals surface area contributed by atoms with Crippen LogP contribution in [0.1, 0.15) is 27.4 Å². The number of alkyl halides is 3. The molecule has 0 atom stereocenters. The molecule has 0 saturated heterocycles. The number of carboxylic acids is 1. The summed E-state index contributed by atoms with van der Waals surface area (Å²) in [7, 11) is 1.50. The zero-order valence-corrected chi connectivity index (χ0v) is 11.4. The number of aromatic carboxylic acids is 1. The van der Waals surface area contributed by atoms with Gasteiger partial charge in [-0.15, -0.1) is 5.10 Å². The lowest BCUT2D eigenvalue weighted by atomic mass is 10.1. The van der Waals surface area contributed by atoms with E-state index >= 15 is 0 Å². The summed E-state index contributed by atoms with van der Waals surface area (Å²) in [6.07, 6.45) is -4.72. The van der Waals surface area contributed by atoms with E-state index in [0.29, 0.717) is 6.07 Å². The van der Waals surface area contributed by atoms with Gasteiger partial charge in [-0.1, -0.05) is 0 Å². The van der Waals surface area contributed by atoms with Crippen molar-refractivity contribution in [3.05, 3.63) is 28.7 Å². The van der Waals surface area contributed by atoms with Crippen molar-refractivity contribution in [3.8, 4) is 5.88 Å². The van der Waals surface area contributed by atoms with Gasteiger partial charge in [0.25, 0.3) is 0 Å². The summed E-state index contributed by atoms with van der Waals surface area (Å²) in [5.74, 6) is -1.87. The van der Waals surface area contributed by atoms with Gasteiger partial charge in [-0.3, -0.25) is 0 Å². The highest BCUT2D eigenvalue weighted by atomic mass is 19.4. The maximum atomic E-state index is 12.8. The standard InChI is InChI=1S/C11H10F3N5O3/c1-5-3-6(11(12,13)14)15-9(8(5)10(20)21)22-4-7-16-17-18-19(7)2/h3H,4H2,1-2H3,(H,20,21). The van der Waals surface area contributed by atoms with Crippen LogP contribution in [0.4, 0.5) is 13.2 Å². The molecule has 0 aliphatic heterocycles. The quantitative estimate of drug-likeness (QED) is 0.904. The lowest BCUT2D eigenvalue weighted by Gasteiger charge is -2.13. The van der Waals surface area contributed by atoms with E-state index in [-0.39, 0.29) is 18.0 Å². The van der Waals surface area contributed by atoms with Gasteiger partial charge in [-0.05, 0) is 29.0 Å². The van der Waals surface area contributed by atoms with Crippen LogP contribution in [0.3, 0.4) is 0 Å². The van der Waals surface area contributed by atoms with Gasteiger partial charge in [0.15, 0.2) is 12.4 Å². The largest absolute Gasteiger partial charge is 0.477 e. The van der Waals surface area contributed by atoms with Crippen molar-refractivity contribution < 1.29 is 27.8 Å². The lowest BCUT2D eigenvalue weighted by molar-refractivity contribution is -0.141. The van der Waals surface area contributed by atoms with Crippen LogP contribution in [0.5, 0.6) is 5.88 Å². The van der Waals surface area contributed by atoms with E-state index in [1.165, 1.54) is 18.7 Å². The normalized spacial score (nSPS) is 11.5. The van der Waals surface area contributed by atoms with Crippen LogP contribution >= 0.6 is 0 Å². The topological polar surface area (TPSA) is 103 Å². The predicted octanol–water partition coefficient (Wildman–Crippen LogP) is 1.21. The first kappa shape index (κ1) is 15.7. The van der Waals surface area contributed by atoms with Crippen LogP contribution in [-0.4, -0.2) is 36.3 Å². The fourth-order valence-corrected chi connectivity index (χ4v) is 1.66. The summed E-state index contributed by atoms with van der Waals surface area (Å²) in [6.45, 7) is 0.911. The van der Waals surface area contributed by atoms with Gasteiger partial charge < -0.3 is 9.84 Å². The third-order valence-corrected chi connectivity index (χ3v) is 2.73. The predicted molar refractivity (Wildman–Crippen MR) is 64.1 cm³/mol. The van der Waals surface area contributed by atoms with E-state index in [0.717, 1.165) is 0 Å². The van der Waals surface area contributed by atoms with Gasteiger partial charge in [0.05, 0.1) is 0 Å². The van der Waals surface area contributed by atoms with Gasteiger partial charge in [0.1, 0.15) is 11.3 Å². The molecule has 0 radical (unpaired) electrons. The minimum absolute atomic E-state index is 0.110. The van der Waals surface area contributed by atoms with Crippen LogP contribution in [-0.2, 0) is 19.8 Å². The SMILES string of the molecule is Cc1cc(C(F)(F)F)nc(OCc2nnnn2C)c1C(=O)O. The molecule has 0 aliphatic carbocycles. The lowest BCUT2D eigenvalue weighted by Crippen LogP contribution is -2.15. The molecular formula is C11H10F3N5O3. The molecule has 2 aromatic heterocycles. The molecule has 8 nitrogen and oxygen atoms in total. The summed E-state index contributed by atoms with van der Waals surface area (Å²) in [4.78, 5) is 14.4. The molecular weight excluding hydrogens is 307 g/mol. The first-order valence-electron chi connectivity index (χ1n) is 5.86. The van der Waals surface area contributed by atoms with Gasteiger partial charge in [0, 0.05) is 7.05 Å². The van der Waals surface area contributed by atoms with Crippen LogP contribution in [0, 0.1) is 6.92 Å². The van der Waals surface area contributed by atoms with Gasteiger partial charge in [0.2, 0.25) is 5.88 Å². The average Bonchev–Trinajstić information content (AvgIpc) is 2.79. The maximum Gasteiger partial charge on any atom is 0.433 e. The van der Waals surface area contributed by atoms with E-state index in [1.54, 1.807) is 0 Å². The van der Waals surface area contributed by atoms with Crippen LogP contribution in [0.25, 0.3) is 0 Å². The number of carboxylic acid groups (broad SMARTS) is 1. The first-order valence-corrected chi connectivity index (χ1v) is 5.86. The second-order valence-electron chi connectivity index (χ2n) is 4.31. The Morgan fingerprint density at radius 1 is 1.45 bits per heavy atom. The molecule has 0 fully saturated rings. The monoisotopic (exact) mass is 317 g/mol. The fourth-order valence-electron chi connectivity index (χ4n) is 1.66. The minimum Gasteiger partial charge on any atom is -0.477 e. The highest BCUT2D eigenvalue weighted by molar-refractivity contribution is 5.91. The summed E-state index contributed by atoms with van der Waals surface area (Å²) >= 11 is 0. The van der Waals surface area contributed by atoms with E-state index < -0.39 is 29.3 Å². The Morgan fingerprint density at radius 3 is 2.64 bits per heavy atom. The highest BCUT2D eigenvalue weighted by Gasteiger charge is 2.35. The number of pyridine rings is 1. The van der Waals surface area contributed by atoms with Gasteiger partial charge in [-0.25, -0.2) is 14.5 Å². The number of aryl methyl sites for hydroxylation is 2. The van der Waals surface area contributed by atoms with Crippen molar-refractivity contribution in [1.29, 1.82) is 0 Å². The Morgan fingerprint density at radius 2 is 2.14 bits per heavy atom. The Balaban J connectivity index is 2.40. The van der Waals surface area contributed by atoms with Crippen molar-refractivity contribution in [2.24, 2.45) is 7.05 Å². The van der Waals surface area contributed by atoms with Crippen molar-refractivity contribution >= 4 is 5.97 Å². The zero-order valence-electron chi connectivity index (χ0n) is 11.4. The molecule has 118 valence electrons. The number of rotatable bonds is 4. The zero-order chi connectivity index (χ0) is 16.5. The highest BCUT2D eigenvalue weighted by Crippen LogP contribution is 2.32. The molecule has 11 heteroatoms. The number of nitrogens with zero attached hydrogens (tertiary/aromatic N) is 5. The van der Waals surface area contributed by atoms with Crippen molar-refractivity contribution in [2.75, 3.05) is 0 Å². The van der Waals surface area contributed by atoms with E-state index in [9.17, 15) is 18.0 Å². The summed E-state index contributed by atoms with van der Waals surface area (Å²) in [6, 6.07) is 0.653. The minimum atomic E-state index is -4.72.